The van der Waals surface area contributed by atoms with Gasteiger partial charge in [0.2, 0.25) is 0 Å². The third-order valence-corrected chi connectivity index (χ3v) is 11.0. The maximum absolute atomic E-state index is 13.0. The van der Waals surface area contributed by atoms with Crippen molar-refractivity contribution in [3.05, 3.63) is 46.2 Å². The van der Waals surface area contributed by atoms with Gasteiger partial charge in [0.25, 0.3) is 5.56 Å². The Morgan fingerprint density at radius 1 is 1.24 bits per heavy atom. The summed E-state index contributed by atoms with van der Waals surface area (Å²) in [5.74, 6) is 0.814. The molecule has 1 unspecified atom stereocenters. The number of rotatable bonds is 8. The second-order valence-corrected chi connectivity index (χ2v) is 15.1. The maximum atomic E-state index is 13.0. The van der Waals surface area contributed by atoms with E-state index >= 15 is 0 Å². The number of ether oxygens (including phenoxy) is 2. The molecule has 0 aliphatic carbocycles. The Morgan fingerprint density at radius 2 is 2.00 bits per heavy atom. The third kappa shape index (κ3) is 6.39. The molecule has 3 atom stereocenters. The molecule has 1 spiro atoms. The van der Waals surface area contributed by atoms with Gasteiger partial charge in [-0.3, -0.25) is 9.36 Å². The van der Waals surface area contributed by atoms with Crippen LogP contribution in [0.3, 0.4) is 0 Å². The van der Waals surface area contributed by atoms with Gasteiger partial charge >= 0.3 is 0 Å². The summed E-state index contributed by atoms with van der Waals surface area (Å²) in [7, 11) is 1.59. The minimum absolute atomic E-state index is 0.00916. The summed E-state index contributed by atoms with van der Waals surface area (Å²) in [4.78, 5) is 29.7. The molecule has 10 nitrogen and oxygen atoms in total. The Hall–Kier alpha value is -1.93. The van der Waals surface area contributed by atoms with Crippen molar-refractivity contribution in [2.45, 2.75) is 73.9 Å². The number of hydrogen-bond donors (Lipinski definition) is 1. The normalized spacial score (nSPS) is 21.6. The number of nitrogens with one attached hydrogen (secondary N) is 1. The predicted molar refractivity (Wildman–Crippen MR) is 163 cm³/mol. The first-order valence-corrected chi connectivity index (χ1v) is 16.1. The van der Waals surface area contributed by atoms with Gasteiger partial charge in [0.15, 0.2) is 0 Å². The van der Waals surface area contributed by atoms with E-state index in [1.165, 1.54) is 22.7 Å². The highest BCUT2D eigenvalue weighted by Gasteiger charge is 2.52. The molecule has 3 aromatic rings. The second kappa shape index (κ2) is 12.4. The largest absolute Gasteiger partial charge is 0.598 e. The Balaban J connectivity index is 1.26. The van der Waals surface area contributed by atoms with Gasteiger partial charge in [-0.15, -0.1) is 4.72 Å². The summed E-state index contributed by atoms with van der Waals surface area (Å²) in [6.07, 6.45) is 6.88. The Kier molecular flexibility index (Phi) is 9.20. The number of nitrogens with zero attached hydrogens (tertiary/aromatic N) is 5. The van der Waals surface area contributed by atoms with Crippen molar-refractivity contribution in [3.8, 4) is 0 Å². The molecule has 222 valence electrons. The van der Waals surface area contributed by atoms with Gasteiger partial charge in [-0.25, -0.2) is 15.0 Å². The number of fused-ring (bicyclic) bond motifs is 1. The molecular formula is C28H37ClN6O4S2. The number of piperidine rings is 1. The summed E-state index contributed by atoms with van der Waals surface area (Å²) in [5.41, 5.74) is 0.295. The smallest absolute Gasteiger partial charge is 0.262 e. The van der Waals surface area contributed by atoms with Crippen molar-refractivity contribution in [1.82, 2.24) is 24.2 Å². The lowest BCUT2D eigenvalue weighted by Crippen LogP contribution is -2.56. The van der Waals surface area contributed by atoms with Crippen LogP contribution in [0.5, 0.6) is 0 Å². The molecule has 0 bridgehead atoms. The summed E-state index contributed by atoms with van der Waals surface area (Å²) in [6, 6.07) is 3.69. The summed E-state index contributed by atoms with van der Waals surface area (Å²) in [5, 5.41) is 1.41. The van der Waals surface area contributed by atoms with Crippen LogP contribution in [-0.2, 0) is 27.4 Å². The van der Waals surface area contributed by atoms with E-state index in [4.69, 9.17) is 26.1 Å². The van der Waals surface area contributed by atoms with E-state index < -0.39 is 11.4 Å². The summed E-state index contributed by atoms with van der Waals surface area (Å²) in [6.45, 7) is 11.1. The molecule has 1 aromatic carbocycles. The lowest BCUT2D eigenvalue weighted by molar-refractivity contribution is 0.0973. The van der Waals surface area contributed by atoms with Gasteiger partial charge in [0.05, 0.1) is 66.6 Å². The minimum atomic E-state index is -1.16. The van der Waals surface area contributed by atoms with E-state index in [9.17, 15) is 9.35 Å². The molecule has 2 saturated heterocycles. The van der Waals surface area contributed by atoms with Crippen molar-refractivity contribution < 1.29 is 14.0 Å². The molecule has 0 saturated carbocycles. The number of benzene rings is 1. The van der Waals surface area contributed by atoms with E-state index in [1.54, 1.807) is 25.6 Å². The first-order valence-electron chi connectivity index (χ1n) is 13.7. The van der Waals surface area contributed by atoms with Gasteiger partial charge in [-0.2, -0.15) is 0 Å². The predicted octanol–water partition coefficient (Wildman–Crippen LogP) is 4.06. The first kappa shape index (κ1) is 30.5. The fraction of sp³-hybridized carbons (Fsp3) is 0.571. The standard InChI is InChI=1S/C28H37ClN6O4S2/c1-18-25(33-41(37)27(2,3)4)28(16-39-18)8-10-34(11-9-28)21-14-31-22(15-30-21)40-20-7-6-19-23(24(20)29)26(36)35(17-32-19)12-13-38-5/h6-7,14-15,17-18,25,33H,8-13,16H2,1-5H3/t18-,25+,41?/m0/s1. The van der Waals surface area contributed by atoms with Gasteiger partial charge < -0.3 is 18.9 Å². The van der Waals surface area contributed by atoms with Crippen LogP contribution in [0.1, 0.15) is 40.5 Å². The maximum Gasteiger partial charge on any atom is 0.262 e. The van der Waals surface area contributed by atoms with Crippen LogP contribution >= 0.6 is 23.4 Å². The van der Waals surface area contributed by atoms with Crippen LogP contribution < -0.4 is 15.2 Å². The second-order valence-electron chi connectivity index (χ2n) is 11.7. The molecule has 2 aromatic heterocycles. The van der Waals surface area contributed by atoms with Crippen LogP contribution in [0, 0.1) is 5.41 Å². The van der Waals surface area contributed by atoms with E-state index in [1.807, 2.05) is 26.8 Å². The molecule has 1 N–H and O–H groups in total. The average molecular weight is 621 g/mol. The highest BCUT2D eigenvalue weighted by molar-refractivity contribution is 7.99. The van der Waals surface area contributed by atoms with E-state index in [2.05, 4.69) is 26.5 Å². The zero-order chi connectivity index (χ0) is 29.4. The van der Waals surface area contributed by atoms with Crippen LogP contribution in [-0.4, -0.2) is 74.4 Å². The van der Waals surface area contributed by atoms with Crippen molar-refractivity contribution in [1.29, 1.82) is 0 Å². The van der Waals surface area contributed by atoms with Gasteiger partial charge in [-0.05, 0) is 52.7 Å². The summed E-state index contributed by atoms with van der Waals surface area (Å²) >= 11 is 6.90. The van der Waals surface area contributed by atoms with E-state index in [0.717, 1.165) is 31.7 Å². The molecule has 2 fully saturated rings. The van der Waals surface area contributed by atoms with Crippen molar-refractivity contribution in [2.75, 3.05) is 38.3 Å². The topological polar surface area (TPSA) is 117 Å². The van der Waals surface area contributed by atoms with E-state index in [-0.39, 0.29) is 27.9 Å². The lowest BCUT2D eigenvalue weighted by Gasteiger charge is -2.43. The SMILES string of the molecule is COCCn1cnc2ccc(Sc3cnc(N4CCC5(CC4)CO[C@@H](C)[C@H]5N[S+]([O-])C(C)(C)C)cn3)c(Cl)c2c1=O. The van der Waals surface area contributed by atoms with Gasteiger partial charge in [0, 0.05) is 41.9 Å². The number of halogens is 1. The fourth-order valence-electron chi connectivity index (χ4n) is 5.38. The van der Waals surface area contributed by atoms with Crippen molar-refractivity contribution in [3.63, 3.8) is 0 Å². The molecule has 0 amide bonds. The molecular weight excluding hydrogens is 584 g/mol. The monoisotopic (exact) mass is 620 g/mol. The number of methoxy groups -OCH3 is 1. The molecule has 13 heteroatoms. The van der Waals surface area contributed by atoms with Crippen molar-refractivity contribution >= 4 is 51.4 Å². The zero-order valence-corrected chi connectivity index (χ0v) is 26.4. The molecule has 41 heavy (non-hydrogen) atoms. The number of aromatic nitrogens is 4. The number of hydrogen-bond acceptors (Lipinski definition) is 10. The molecule has 0 radical (unpaired) electrons. The van der Waals surface area contributed by atoms with Crippen LogP contribution in [0.2, 0.25) is 5.02 Å². The molecule has 2 aliphatic heterocycles. The first-order chi connectivity index (χ1) is 19.5. The number of anilines is 1. The Morgan fingerprint density at radius 3 is 2.66 bits per heavy atom. The van der Waals surface area contributed by atoms with Gasteiger partial charge in [0.1, 0.15) is 15.6 Å². The van der Waals surface area contributed by atoms with Crippen molar-refractivity contribution in [2.24, 2.45) is 5.41 Å². The van der Waals surface area contributed by atoms with Crippen LogP contribution in [0.4, 0.5) is 5.82 Å². The van der Waals surface area contributed by atoms with Gasteiger partial charge in [-0.1, -0.05) is 23.4 Å². The summed E-state index contributed by atoms with van der Waals surface area (Å²) < 4.78 is 28.6. The lowest BCUT2D eigenvalue weighted by atomic mass is 9.73. The highest BCUT2D eigenvalue weighted by Crippen LogP contribution is 2.43. The quantitative estimate of drug-likeness (QED) is 0.369. The molecule has 5 rings (SSSR count). The average Bonchev–Trinajstić information content (AvgIpc) is 3.24. The zero-order valence-electron chi connectivity index (χ0n) is 24.1. The fourth-order valence-corrected chi connectivity index (χ4v) is 7.53. The molecule has 2 aliphatic rings. The Labute approximate surface area is 252 Å². The van der Waals surface area contributed by atoms with E-state index in [0.29, 0.717) is 45.6 Å². The third-order valence-electron chi connectivity index (χ3n) is 7.90. The highest BCUT2D eigenvalue weighted by atomic mass is 35.5. The van der Waals surface area contributed by atoms with Crippen LogP contribution in [0.25, 0.3) is 10.9 Å². The molecule has 4 heterocycles. The van der Waals surface area contributed by atoms with Crippen LogP contribution in [0.15, 0.2) is 45.6 Å². The minimum Gasteiger partial charge on any atom is -0.598 e. The Bertz CT molecular complexity index is 1430.